The maximum atomic E-state index is 11.2. The zero-order valence-corrected chi connectivity index (χ0v) is 9.79. The largest absolute Gasteiger partial charge is 0.344 e. The van der Waals surface area contributed by atoms with Crippen LogP contribution in [0, 0.1) is 0 Å². The van der Waals surface area contributed by atoms with Crippen molar-refractivity contribution in [2.45, 2.75) is 25.4 Å². The van der Waals surface area contributed by atoms with E-state index in [-0.39, 0.29) is 12.6 Å². The molecule has 0 aromatic carbocycles. The van der Waals surface area contributed by atoms with Gasteiger partial charge in [-0.1, -0.05) is 0 Å². The lowest BCUT2D eigenvalue weighted by molar-refractivity contribution is -0.126. The minimum Gasteiger partial charge on any atom is -0.344 e. The van der Waals surface area contributed by atoms with Crippen LogP contribution in [0.5, 0.6) is 0 Å². The number of hydrogen-bond acceptors (Lipinski definition) is 4. The Labute approximate surface area is 88.7 Å². The number of nitrogens with one attached hydrogen (secondary N) is 1. The van der Waals surface area contributed by atoms with E-state index in [1.165, 1.54) is 13.6 Å². The molecule has 1 unspecified atom stereocenters. The summed E-state index contributed by atoms with van der Waals surface area (Å²) in [5, 5.41) is 2.29. The number of nitrogens with two attached hydrogens (primary N) is 1. The van der Waals surface area contributed by atoms with Gasteiger partial charge in [0.05, 0.1) is 0 Å². The van der Waals surface area contributed by atoms with Gasteiger partial charge >= 0.3 is 0 Å². The quantitative estimate of drug-likeness (QED) is 0.332. The number of hydrogen-bond donors (Lipinski definition) is 3. The summed E-state index contributed by atoms with van der Waals surface area (Å²) in [6.45, 7) is 2.61. The average molecular weight is 236 g/mol. The average Bonchev–Trinajstić information content (AvgIpc) is 2.00. The highest BCUT2D eigenvalue weighted by Gasteiger charge is 2.19. The molecule has 2 atom stereocenters. The molecule has 0 fully saturated rings. The van der Waals surface area contributed by atoms with E-state index in [2.05, 4.69) is 5.32 Å². The molecule has 1 amide bonds. The third-order valence-electron chi connectivity index (χ3n) is 1.63. The van der Waals surface area contributed by atoms with E-state index in [1.807, 2.05) is 0 Å². The number of rotatable bonds is 6. The van der Waals surface area contributed by atoms with Gasteiger partial charge in [-0.2, -0.15) is 0 Å². The number of aldehydes is 1. The van der Waals surface area contributed by atoms with Crippen LogP contribution in [-0.2, 0) is 14.2 Å². The Morgan fingerprint density at radius 2 is 2.20 bits per heavy atom. The Morgan fingerprint density at radius 1 is 1.67 bits per heavy atom. The van der Waals surface area contributed by atoms with Crippen molar-refractivity contribution in [2.75, 3.05) is 12.8 Å². The summed E-state index contributed by atoms with van der Waals surface area (Å²) in [5.41, 5.74) is 4.00. The monoisotopic (exact) mass is 236 g/mol. The fourth-order valence-corrected chi connectivity index (χ4v) is 1.67. The summed E-state index contributed by atoms with van der Waals surface area (Å²) in [6, 6.07) is 0. The molecule has 0 aliphatic heterocycles. The van der Waals surface area contributed by atoms with Crippen LogP contribution in [0.3, 0.4) is 0 Å². The first-order chi connectivity index (χ1) is 6.66. The van der Waals surface area contributed by atoms with Gasteiger partial charge in [-0.3, -0.25) is 14.2 Å². The highest BCUT2D eigenvalue weighted by atomic mass is 31.2. The van der Waals surface area contributed by atoms with Gasteiger partial charge in [-0.05, 0) is 13.3 Å². The van der Waals surface area contributed by atoms with Crippen molar-refractivity contribution in [2.24, 2.45) is 5.73 Å². The fraction of sp³-hybridized carbons (Fsp3) is 0.750. The second-order valence-electron chi connectivity index (χ2n) is 3.83. The van der Waals surface area contributed by atoms with E-state index in [4.69, 9.17) is 10.6 Å². The Bertz CT molecular complexity index is 284. The SMILES string of the molecule is C[C@@](N)(C=O)NC(=O)CCCP(C)(=O)O. The predicted molar refractivity (Wildman–Crippen MR) is 56.6 cm³/mol. The molecule has 7 heteroatoms. The first-order valence-corrected chi connectivity index (χ1v) is 6.81. The van der Waals surface area contributed by atoms with Crippen molar-refractivity contribution < 1.29 is 19.0 Å². The molecule has 0 saturated carbocycles. The van der Waals surface area contributed by atoms with Crippen LogP contribution in [0.1, 0.15) is 19.8 Å². The fourth-order valence-electron chi connectivity index (χ4n) is 0.925. The molecule has 0 heterocycles. The van der Waals surface area contributed by atoms with Crippen LogP contribution in [0.15, 0.2) is 0 Å². The molecule has 4 N–H and O–H groups in total. The summed E-state index contributed by atoms with van der Waals surface area (Å²) in [6.07, 6.45) is 0.897. The number of carbonyl (C=O) groups is 2. The summed E-state index contributed by atoms with van der Waals surface area (Å²) in [4.78, 5) is 30.5. The van der Waals surface area contributed by atoms with Crippen LogP contribution in [0.4, 0.5) is 0 Å². The second-order valence-corrected chi connectivity index (χ2v) is 6.38. The van der Waals surface area contributed by atoms with E-state index in [0.29, 0.717) is 12.7 Å². The summed E-state index contributed by atoms with van der Waals surface area (Å²) >= 11 is 0. The highest BCUT2D eigenvalue weighted by molar-refractivity contribution is 7.57. The summed E-state index contributed by atoms with van der Waals surface area (Å²) < 4.78 is 10.9. The molecule has 15 heavy (non-hydrogen) atoms. The molecular formula is C8H17N2O4P. The van der Waals surface area contributed by atoms with E-state index in [9.17, 15) is 14.2 Å². The lowest BCUT2D eigenvalue weighted by Crippen LogP contribution is -2.54. The third-order valence-corrected chi connectivity index (χ3v) is 2.78. The van der Waals surface area contributed by atoms with Gasteiger partial charge in [0.25, 0.3) is 0 Å². The summed E-state index contributed by atoms with van der Waals surface area (Å²) in [5.74, 6) is -0.402. The van der Waals surface area contributed by atoms with Crippen molar-refractivity contribution in [3.8, 4) is 0 Å². The smallest absolute Gasteiger partial charge is 0.221 e. The Kier molecular flexibility index (Phi) is 5.14. The maximum absolute atomic E-state index is 11.2. The molecule has 0 aliphatic carbocycles. The maximum Gasteiger partial charge on any atom is 0.221 e. The molecule has 88 valence electrons. The molecule has 0 radical (unpaired) electrons. The van der Waals surface area contributed by atoms with Gasteiger partial charge in [0, 0.05) is 19.2 Å². The molecule has 0 spiro atoms. The van der Waals surface area contributed by atoms with E-state index in [1.54, 1.807) is 0 Å². The van der Waals surface area contributed by atoms with Crippen LogP contribution in [0.2, 0.25) is 0 Å². The molecule has 0 rings (SSSR count). The van der Waals surface area contributed by atoms with Crippen molar-refractivity contribution in [3.63, 3.8) is 0 Å². The van der Waals surface area contributed by atoms with Gasteiger partial charge in [-0.15, -0.1) is 0 Å². The molecule has 0 saturated heterocycles. The highest BCUT2D eigenvalue weighted by Crippen LogP contribution is 2.35. The first-order valence-electron chi connectivity index (χ1n) is 4.52. The number of carbonyl (C=O) groups excluding carboxylic acids is 2. The molecule has 0 aliphatic rings. The zero-order chi connectivity index (χ0) is 12.1. The first kappa shape index (κ1) is 14.3. The van der Waals surface area contributed by atoms with Crippen molar-refractivity contribution in [3.05, 3.63) is 0 Å². The lowest BCUT2D eigenvalue weighted by atomic mass is 10.2. The van der Waals surface area contributed by atoms with E-state index in [0.717, 1.165) is 0 Å². The molecule has 0 aromatic heterocycles. The topological polar surface area (TPSA) is 109 Å². The Morgan fingerprint density at radius 3 is 2.60 bits per heavy atom. The van der Waals surface area contributed by atoms with Gasteiger partial charge in [0.15, 0.2) is 13.7 Å². The van der Waals surface area contributed by atoms with Gasteiger partial charge in [0.1, 0.15) is 5.66 Å². The Hall–Kier alpha value is -0.710. The lowest BCUT2D eigenvalue weighted by Gasteiger charge is -2.18. The van der Waals surface area contributed by atoms with Crippen LogP contribution in [-0.4, -0.2) is 35.6 Å². The van der Waals surface area contributed by atoms with E-state index < -0.39 is 18.9 Å². The normalized spacial score (nSPS) is 18.7. The molecule has 6 nitrogen and oxygen atoms in total. The van der Waals surface area contributed by atoms with Crippen molar-refractivity contribution in [1.29, 1.82) is 0 Å². The minimum atomic E-state index is -3.06. The van der Waals surface area contributed by atoms with Gasteiger partial charge < -0.3 is 15.9 Å². The van der Waals surface area contributed by atoms with E-state index >= 15 is 0 Å². The van der Waals surface area contributed by atoms with Crippen LogP contribution in [0.25, 0.3) is 0 Å². The van der Waals surface area contributed by atoms with Gasteiger partial charge in [-0.25, -0.2) is 0 Å². The number of amides is 1. The summed E-state index contributed by atoms with van der Waals surface area (Å²) in [7, 11) is -3.06. The minimum absolute atomic E-state index is 0.0824. The second kappa shape index (κ2) is 5.39. The standard InChI is InChI=1S/C8H17N2O4P/c1-8(9,6-11)10-7(12)4-3-5-15(2,13)14/h6H,3-5,9H2,1-2H3,(H,10,12)(H,13,14)/t8-/m0/s1. The van der Waals surface area contributed by atoms with Crippen LogP contribution >= 0.6 is 7.37 Å². The van der Waals surface area contributed by atoms with Crippen molar-refractivity contribution in [1.82, 2.24) is 5.32 Å². The Balaban J connectivity index is 3.87. The van der Waals surface area contributed by atoms with Crippen LogP contribution < -0.4 is 11.1 Å². The van der Waals surface area contributed by atoms with Crippen molar-refractivity contribution >= 4 is 19.6 Å². The third kappa shape index (κ3) is 8.30. The van der Waals surface area contributed by atoms with Gasteiger partial charge in [0.2, 0.25) is 5.91 Å². The predicted octanol–water partition coefficient (Wildman–Crippen LogP) is -0.343. The molecule has 0 aromatic rings. The molecular weight excluding hydrogens is 219 g/mol. The zero-order valence-electron chi connectivity index (χ0n) is 8.90. The molecule has 0 bridgehead atoms.